The third-order valence-electron chi connectivity index (χ3n) is 2.33. The van der Waals surface area contributed by atoms with E-state index >= 15 is 0 Å². The lowest BCUT2D eigenvalue weighted by Gasteiger charge is -2.27. The molecule has 2 N–H and O–H groups in total. The topological polar surface area (TPSA) is 66.4 Å². The summed E-state index contributed by atoms with van der Waals surface area (Å²) in [5, 5.41) is 11.2. The molecule has 1 rings (SSSR count). The Morgan fingerprint density at radius 3 is 2.67 bits per heavy atom. The Bertz CT molecular complexity index is 181. The molecule has 1 aliphatic carbocycles. The van der Waals surface area contributed by atoms with Gasteiger partial charge in [-0.25, -0.2) is 0 Å². The number of amides is 1. The Morgan fingerprint density at radius 1 is 1.42 bits per heavy atom. The number of carboxylic acids is 1. The molecule has 2 atom stereocenters. The van der Waals surface area contributed by atoms with Gasteiger partial charge < -0.3 is 10.4 Å². The van der Waals surface area contributed by atoms with Gasteiger partial charge in [-0.05, 0) is 12.8 Å². The lowest BCUT2D eigenvalue weighted by molar-refractivity contribution is -0.143. The normalized spacial score (nSPS) is 29.3. The van der Waals surface area contributed by atoms with Crippen LogP contribution in [-0.2, 0) is 9.59 Å². The van der Waals surface area contributed by atoms with Crippen LogP contribution in [-0.4, -0.2) is 23.5 Å². The average Bonchev–Trinajstić information content (AvgIpc) is 2.05. The summed E-state index contributed by atoms with van der Waals surface area (Å²) in [5.74, 6) is -1.23. The SMILES string of the molecule is O=[C]NC1CCCCC1C(=O)O. The fourth-order valence-electron chi connectivity index (χ4n) is 1.67. The minimum atomic E-state index is -0.817. The standard InChI is InChI=1S/C8H12NO3/c10-5-9-7-4-2-1-3-6(7)8(11)12/h6-7H,1-4H2,(H,9,10)(H,11,12). The molecule has 0 bridgehead atoms. The Morgan fingerprint density at radius 2 is 2.08 bits per heavy atom. The van der Waals surface area contributed by atoms with Crippen LogP contribution in [0.4, 0.5) is 0 Å². The zero-order chi connectivity index (χ0) is 8.97. The van der Waals surface area contributed by atoms with Crippen LogP contribution in [0.15, 0.2) is 0 Å². The lowest BCUT2D eigenvalue weighted by Crippen LogP contribution is -2.41. The molecule has 1 amide bonds. The van der Waals surface area contributed by atoms with Crippen molar-refractivity contribution in [1.29, 1.82) is 0 Å². The number of aliphatic carboxylic acids is 1. The summed E-state index contributed by atoms with van der Waals surface area (Å²) in [6.07, 6.45) is 4.90. The lowest BCUT2D eigenvalue weighted by atomic mass is 9.85. The highest BCUT2D eigenvalue weighted by atomic mass is 16.4. The fourth-order valence-corrected chi connectivity index (χ4v) is 1.67. The van der Waals surface area contributed by atoms with Crippen LogP contribution in [0.25, 0.3) is 0 Å². The second-order valence-electron chi connectivity index (χ2n) is 3.08. The van der Waals surface area contributed by atoms with Crippen molar-refractivity contribution in [3.8, 4) is 0 Å². The summed E-state index contributed by atoms with van der Waals surface area (Å²) in [4.78, 5) is 20.7. The van der Waals surface area contributed by atoms with Crippen LogP contribution >= 0.6 is 0 Å². The predicted octanol–water partition coefficient (Wildman–Crippen LogP) is 0.287. The van der Waals surface area contributed by atoms with Gasteiger partial charge in [-0.15, -0.1) is 0 Å². The highest BCUT2D eigenvalue weighted by Gasteiger charge is 2.30. The molecule has 1 radical (unpaired) electrons. The Labute approximate surface area is 71.0 Å². The number of nitrogens with one attached hydrogen (secondary N) is 1. The summed E-state index contributed by atoms with van der Waals surface area (Å²) >= 11 is 0. The van der Waals surface area contributed by atoms with Crippen LogP contribution in [0, 0.1) is 5.92 Å². The molecule has 1 saturated carbocycles. The van der Waals surface area contributed by atoms with Crippen molar-refractivity contribution in [3.63, 3.8) is 0 Å². The maximum Gasteiger partial charge on any atom is 0.309 e. The summed E-state index contributed by atoms with van der Waals surface area (Å²) in [6.45, 7) is 0. The first kappa shape index (κ1) is 9.03. The summed E-state index contributed by atoms with van der Waals surface area (Å²) < 4.78 is 0. The van der Waals surface area contributed by atoms with Gasteiger partial charge in [0.05, 0.1) is 5.92 Å². The number of rotatable bonds is 3. The van der Waals surface area contributed by atoms with Gasteiger partial charge in [0.2, 0.25) is 0 Å². The molecule has 4 heteroatoms. The molecule has 4 nitrogen and oxygen atoms in total. The number of carbonyl (C=O) groups excluding carboxylic acids is 1. The van der Waals surface area contributed by atoms with Crippen molar-refractivity contribution in [2.24, 2.45) is 5.92 Å². The number of hydrogen-bond acceptors (Lipinski definition) is 2. The molecule has 0 aromatic carbocycles. The number of carboxylic acid groups (broad SMARTS) is 1. The minimum Gasteiger partial charge on any atom is -0.481 e. The second-order valence-corrected chi connectivity index (χ2v) is 3.08. The van der Waals surface area contributed by atoms with Gasteiger partial charge in [0.25, 0.3) is 0 Å². The molecule has 0 aromatic heterocycles. The Kier molecular flexibility index (Phi) is 3.08. The molecule has 0 heterocycles. The van der Waals surface area contributed by atoms with Crippen molar-refractivity contribution >= 4 is 12.4 Å². The van der Waals surface area contributed by atoms with Gasteiger partial charge >= 0.3 is 12.4 Å². The van der Waals surface area contributed by atoms with E-state index in [9.17, 15) is 9.59 Å². The van der Waals surface area contributed by atoms with Gasteiger partial charge in [-0.1, -0.05) is 12.8 Å². The molecule has 0 aliphatic heterocycles. The van der Waals surface area contributed by atoms with E-state index in [2.05, 4.69) is 5.32 Å². The maximum atomic E-state index is 10.7. The van der Waals surface area contributed by atoms with E-state index < -0.39 is 11.9 Å². The quantitative estimate of drug-likeness (QED) is 0.598. The van der Waals surface area contributed by atoms with E-state index in [1.165, 1.54) is 0 Å². The Hall–Kier alpha value is -1.06. The van der Waals surface area contributed by atoms with Crippen LogP contribution in [0.2, 0.25) is 0 Å². The molecule has 0 saturated heterocycles. The van der Waals surface area contributed by atoms with Crippen molar-refractivity contribution in [3.05, 3.63) is 0 Å². The van der Waals surface area contributed by atoms with E-state index in [0.29, 0.717) is 6.42 Å². The summed E-state index contributed by atoms with van der Waals surface area (Å²) in [5.41, 5.74) is 0. The monoisotopic (exact) mass is 170 g/mol. The fraction of sp³-hybridized carbons (Fsp3) is 0.750. The van der Waals surface area contributed by atoms with Crippen LogP contribution in [0.1, 0.15) is 25.7 Å². The molecule has 67 valence electrons. The summed E-state index contributed by atoms with van der Waals surface area (Å²) in [7, 11) is 0. The van der Waals surface area contributed by atoms with Crippen molar-refractivity contribution in [2.75, 3.05) is 0 Å². The number of carbonyl (C=O) groups is 1. The van der Waals surface area contributed by atoms with Gasteiger partial charge in [-0.2, -0.15) is 0 Å². The van der Waals surface area contributed by atoms with E-state index in [0.717, 1.165) is 19.3 Å². The molecule has 0 spiro atoms. The molecular weight excluding hydrogens is 158 g/mol. The zero-order valence-corrected chi connectivity index (χ0v) is 6.75. The summed E-state index contributed by atoms with van der Waals surface area (Å²) in [6, 6.07) is -0.214. The van der Waals surface area contributed by atoms with Gasteiger partial charge in [0.15, 0.2) is 0 Å². The minimum absolute atomic E-state index is 0.214. The largest absolute Gasteiger partial charge is 0.481 e. The van der Waals surface area contributed by atoms with Gasteiger partial charge in [0, 0.05) is 6.04 Å². The predicted molar refractivity (Wildman–Crippen MR) is 42.2 cm³/mol. The first-order chi connectivity index (χ1) is 5.75. The highest BCUT2D eigenvalue weighted by Crippen LogP contribution is 2.24. The third kappa shape index (κ3) is 1.96. The van der Waals surface area contributed by atoms with Crippen molar-refractivity contribution in [2.45, 2.75) is 31.7 Å². The van der Waals surface area contributed by atoms with E-state index in [4.69, 9.17) is 5.11 Å². The number of hydrogen-bond donors (Lipinski definition) is 2. The molecule has 1 fully saturated rings. The molecule has 2 unspecified atom stereocenters. The average molecular weight is 170 g/mol. The maximum absolute atomic E-state index is 10.7. The smallest absolute Gasteiger partial charge is 0.309 e. The zero-order valence-electron chi connectivity index (χ0n) is 6.75. The van der Waals surface area contributed by atoms with E-state index in [1.54, 1.807) is 6.41 Å². The molecular formula is C8H12NO3. The van der Waals surface area contributed by atoms with Crippen LogP contribution in [0.5, 0.6) is 0 Å². The highest BCUT2D eigenvalue weighted by molar-refractivity contribution is 5.71. The first-order valence-corrected chi connectivity index (χ1v) is 4.11. The second kappa shape index (κ2) is 4.09. The third-order valence-corrected chi connectivity index (χ3v) is 2.33. The van der Waals surface area contributed by atoms with Crippen molar-refractivity contribution < 1.29 is 14.7 Å². The van der Waals surface area contributed by atoms with Gasteiger partial charge in [-0.3, -0.25) is 9.59 Å². The van der Waals surface area contributed by atoms with Gasteiger partial charge in [0.1, 0.15) is 0 Å². The van der Waals surface area contributed by atoms with Crippen LogP contribution in [0.3, 0.4) is 0 Å². The Balaban J connectivity index is 2.53. The molecule has 12 heavy (non-hydrogen) atoms. The van der Waals surface area contributed by atoms with Crippen molar-refractivity contribution in [1.82, 2.24) is 5.32 Å². The molecule has 1 aliphatic rings. The van der Waals surface area contributed by atoms with E-state index in [-0.39, 0.29) is 6.04 Å². The van der Waals surface area contributed by atoms with E-state index in [1.807, 2.05) is 0 Å². The van der Waals surface area contributed by atoms with Crippen LogP contribution < -0.4 is 5.32 Å². The molecule has 0 aromatic rings. The first-order valence-electron chi connectivity index (χ1n) is 4.11.